The van der Waals surface area contributed by atoms with Gasteiger partial charge in [0, 0.05) is 30.5 Å². The Balaban J connectivity index is 1.26. The van der Waals surface area contributed by atoms with Crippen LogP contribution in [0.5, 0.6) is 11.5 Å². The largest absolute Gasteiger partial charge is 0.490 e. The number of aromatic nitrogens is 2. The zero-order valence-corrected chi connectivity index (χ0v) is 49.2. The molecule has 2 unspecified atom stereocenters. The van der Waals surface area contributed by atoms with Crippen LogP contribution < -0.4 is 20.7 Å². The van der Waals surface area contributed by atoms with Crippen molar-refractivity contribution in [1.29, 1.82) is 0 Å². The van der Waals surface area contributed by atoms with Gasteiger partial charge >= 0.3 is 41.1 Å². The van der Waals surface area contributed by atoms with Crippen LogP contribution in [0.25, 0.3) is 0 Å². The Kier molecular flexibility index (Phi) is 31.9. The van der Waals surface area contributed by atoms with E-state index in [0.717, 1.165) is 38.5 Å². The van der Waals surface area contributed by atoms with Gasteiger partial charge in [0.1, 0.15) is 11.5 Å². The predicted octanol–water partition coefficient (Wildman–Crippen LogP) is 15.5. The molecule has 4 atom stereocenters. The number of aromatic amines is 1. The Bertz CT molecular complexity index is 2400. The first kappa shape index (κ1) is 66.7. The number of nitrogens with zero attached hydrogens (tertiary/aromatic N) is 1. The Morgan fingerprint density at radius 3 is 1.36 bits per heavy atom. The number of nitrogens with one attached hydrogen (secondary N) is 1. The summed E-state index contributed by atoms with van der Waals surface area (Å²) in [5.41, 5.74) is -0.158. The first-order chi connectivity index (χ1) is 37.5. The number of unbranched alkanes of at least 4 members (excludes halogenated alkanes) is 24. The lowest BCUT2D eigenvalue weighted by Crippen LogP contribution is -2.32. The second-order valence-electron chi connectivity index (χ2n) is 20.5. The third kappa shape index (κ3) is 28.6. The lowest BCUT2D eigenvalue weighted by atomic mass is 10.0. The number of hydrogen-bond acceptors (Lipinski definition) is 14. The van der Waals surface area contributed by atoms with E-state index in [2.05, 4.69) is 23.1 Å². The summed E-state index contributed by atoms with van der Waals surface area (Å²) in [6.07, 6.45) is 36.3. The maximum absolute atomic E-state index is 14.1. The highest BCUT2D eigenvalue weighted by molar-refractivity contribution is 7.67. The van der Waals surface area contributed by atoms with Crippen molar-refractivity contribution in [1.82, 2.24) is 9.55 Å². The Hall–Kier alpha value is -3.79. The first-order valence-electron chi connectivity index (χ1n) is 28.7. The lowest BCUT2D eigenvalue weighted by Gasteiger charge is -2.22. The molecule has 0 aliphatic heterocycles. The summed E-state index contributed by atoms with van der Waals surface area (Å²) in [5.74, 6) is -0.796. The van der Waals surface area contributed by atoms with Crippen LogP contribution in [0.1, 0.15) is 223 Å². The molecule has 0 radical (unpaired) electrons. The maximum Gasteiger partial charge on any atom is 0.490 e. The van der Waals surface area contributed by atoms with E-state index in [0.29, 0.717) is 29.5 Å². The summed E-state index contributed by atoms with van der Waals surface area (Å²) in [5, 5.41) is 0. The lowest BCUT2D eigenvalue weighted by molar-refractivity contribution is -0.135. The number of rotatable bonds is 44. The third-order valence-electron chi connectivity index (χ3n) is 13.6. The Morgan fingerprint density at radius 1 is 0.551 bits per heavy atom. The van der Waals surface area contributed by atoms with Crippen LogP contribution in [-0.2, 0) is 58.7 Å². The van der Waals surface area contributed by atoms with Crippen molar-refractivity contribution in [2.45, 2.75) is 226 Å². The van der Waals surface area contributed by atoms with Gasteiger partial charge in [-0.2, -0.15) is 8.62 Å². The summed E-state index contributed by atoms with van der Waals surface area (Å²) >= 11 is 0. The number of allylic oxidation sites excluding steroid dienone is 1. The van der Waals surface area contributed by atoms with E-state index in [1.807, 2.05) is 0 Å². The van der Waals surface area contributed by atoms with Gasteiger partial charge in [-0.05, 0) is 61.6 Å². The van der Waals surface area contributed by atoms with E-state index in [9.17, 15) is 42.7 Å². The summed E-state index contributed by atoms with van der Waals surface area (Å²) in [7, 11) is -16.3. The number of esters is 2. The van der Waals surface area contributed by atoms with Crippen molar-refractivity contribution < 1.29 is 64.7 Å². The van der Waals surface area contributed by atoms with E-state index in [-0.39, 0.29) is 42.7 Å². The fourth-order valence-corrected chi connectivity index (χ4v) is 13.1. The number of phosphoric acid groups is 3. The van der Waals surface area contributed by atoms with Gasteiger partial charge in [0.15, 0.2) is 0 Å². The quantitative estimate of drug-likeness (QED) is 0.0157. The zero-order valence-electron chi connectivity index (χ0n) is 46.5. The van der Waals surface area contributed by atoms with Gasteiger partial charge in [-0.3, -0.25) is 37.5 Å². The standard InChI is InChI=1S/C57H89N2O16P3/c1-4-6-8-10-12-14-16-18-20-22-24-26-28-30-54(60)72-52-38-33-48(34-39-52)44-70-78(68,75-77(66,67)74-76(64,65)69-46-50-32-37-51(42-50)59-43-47(3)56(62)58-57(59)63)71-45-49-35-40-53(41-36-49)73-55(61)31-29-27-25-23-21-19-17-15-13-11-9-7-5-2/h32-41,43,50-51H,4-31,42,44-46H2,1-3H3,(H,64,65)(H,66,67)(H,58,62,63)/t50-,51+/m1/s1. The fraction of sp³-hybridized carbons (Fsp3) is 0.649. The van der Waals surface area contributed by atoms with Crippen LogP contribution >= 0.6 is 23.5 Å². The number of benzene rings is 2. The van der Waals surface area contributed by atoms with Crippen molar-refractivity contribution in [3.63, 3.8) is 0 Å². The molecule has 21 heteroatoms. The average Bonchev–Trinajstić information content (AvgIpc) is 3.89. The molecule has 0 spiro atoms. The molecule has 0 bridgehead atoms. The highest BCUT2D eigenvalue weighted by Crippen LogP contribution is 2.70. The van der Waals surface area contributed by atoms with Crippen molar-refractivity contribution in [3.05, 3.63) is 104 Å². The van der Waals surface area contributed by atoms with Gasteiger partial charge in [0.2, 0.25) is 0 Å². The Morgan fingerprint density at radius 2 is 0.949 bits per heavy atom. The first-order valence-corrected chi connectivity index (χ1v) is 33.2. The smallest absolute Gasteiger partial charge is 0.427 e. The fourth-order valence-electron chi connectivity index (χ4n) is 9.04. The second kappa shape index (κ2) is 37.3. The van der Waals surface area contributed by atoms with Crippen LogP contribution in [-0.4, -0.2) is 37.9 Å². The molecular formula is C57H89N2O16P3. The highest BCUT2D eigenvalue weighted by Gasteiger charge is 2.44. The molecule has 78 heavy (non-hydrogen) atoms. The van der Waals surface area contributed by atoms with Crippen molar-refractivity contribution in [2.24, 2.45) is 5.92 Å². The van der Waals surface area contributed by atoms with Crippen LogP contribution in [0, 0.1) is 12.8 Å². The van der Waals surface area contributed by atoms with Gasteiger partial charge in [-0.25, -0.2) is 18.5 Å². The highest BCUT2D eigenvalue weighted by atomic mass is 31.3. The molecule has 1 heterocycles. The summed E-state index contributed by atoms with van der Waals surface area (Å²) in [4.78, 5) is 72.9. The Labute approximate surface area is 462 Å². The maximum atomic E-state index is 14.1. The van der Waals surface area contributed by atoms with E-state index in [1.165, 1.54) is 182 Å². The van der Waals surface area contributed by atoms with E-state index in [4.69, 9.17) is 27.4 Å². The van der Waals surface area contributed by atoms with Gasteiger partial charge in [0.05, 0.1) is 25.9 Å². The number of aryl methyl sites for hydroxylation is 1. The van der Waals surface area contributed by atoms with E-state index >= 15 is 0 Å². The number of H-pyrrole nitrogens is 1. The molecule has 1 aromatic heterocycles. The molecule has 0 fully saturated rings. The minimum Gasteiger partial charge on any atom is -0.427 e. The van der Waals surface area contributed by atoms with E-state index < -0.39 is 66.5 Å². The minimum atomic E-state index is -5.78. The van der Waals surface area contributed by atoms with Gasteiger partial charge in [0.25, 0.3) is 5.56 Å². The summed E-state index contributed by atoms with van der Waals surface area (Å²) in [6.45, 7) is 4.44. The molecule has 0 amide bonds. The molecule has 438 valence electrons. The minimum absolute atomic E-state index is 0.210. The third-order valence-corrected chi connectivity index (χ3v) is 18.2. The van der Waals surface area contributed by atoms with Crippen LogP contribution in [0.2, 0.25) is 0 Å². The molecule has 1 aliphatic rings. The second-order valence-corrected chi connectivity index (χ2v) is 25.4. The van der Waals surface area contributed by atoms with Crippen molar-refractivity contribution in [2.75, 3.05) is 6.61 Å². The molecule has 18 nitrogen and oxygen atoms in total. The molecule has 2 aromatic carbocycles. The molecule has 0 saturated carbocycles. The average molecular weight is 1150 g/mol. The SMILES string of the molecule is CCCCCCCCCCCCCCCC(=O)Oc1ccc(COP(=O)(OCc2ccc(OC(=O)CCCCCCCCCCCCCCC)cc2)OP(=O)(O)OP(=O)(O)OC[C@@H]2C=C[C@H](n3cc(C)c(=O)[nH]c3=O)C2)cc1. The molecule has 3 aromatic rings. The number of carbonyl (C=O) groups excluding carboxylic acids is 2. The topological polar surface area (TPSA) is 245 Å². The molecule has 1 aliphatic carbocycles. The summed E-state index contributed by atoms with van der Waals surface area (Å²) in [6, 6.07) is 11.5. The number of hydrogen-bond donors (Lipinski definition) is 3. The number of carbonyl (C=O) groups is 2. The number of ether oxygens (including phenoxy) is 2. The molecule has 0 saturated heterocycles. The monoisotopic (exact) mass is 1150 g/mol. The van der Waals surface area contributed by atoms with E-state index in [1.54, 1.807) is 12.2 Å². The zero-order chi connectivity index (χ0) is 56.5. The van der Waals surface area contributed by atoms with Gasteiger partial charge in [-0.1, -0.05) is 204 Å². The van der Waals surface area contributed by atoms with Crippen LogP contribution in [0.4, 0.5) is 0 Å². The van der Waals surface area contributed by atoms with Gasteiger partial charge in [-0.15, -0.1) is 0 Å². The molecular weight excluding hydrogens is 1060 g/mol. The number of phosphoric ester groups is 2. The van der Waals surface area contributed by atoms with Crippen molar-refractivity contribution in [3.8, 4) is 11.5 Å². The summed E-state index contributed by atoms with van der Waals surface area (Å²) < 4.78 is 78.2. The van der Waals surface area contributed by atoms with Crippen LogP contribution in [0.15, 0.2) is 76.5 Å². The molecule has 4 rings (SSSR count). The van der Waals surface area contributed by atoms with Crippen molar-refractivity contribution >= 4 is 35.4 Å². The normalized spacial score (nSPS) is 16.0. The van der Waals surface area contributed by atoms with Gasteiger partial charge < -0.3 is 19.3 Å². The van der Waals surface area contributed by atoms with Crippen LogP contribution in [0.3, 0.4) is 0 Å². The molecule has 3 N–H and O–H groups in total. The predicted molar refractivity (Wildman–Crippen MR) is 302 cm³/mol.